The molecule has 1 N–H and O–H groups in total. The summed E-state index contributed by atoms with van der Waals surface area (Å²) in [6, 6.07) is 16.0. The lowest BCUT2D eigenvalue weighted by Crippen LogP contribution is -2.17. The zero-order valence-corrected chi connectivity index (χ0v) is 16.5. The van der Waals surface area contributed by atoms with Gasteiger partial charge in [0.15, 0.2) is 0 Å². The molecule has 3 aromatic rings. The molecule has 3 rings (SSSR count). The maximum absolute atomic E-state index is 12.2. The van der Waals surface area contributed by atoms with E-state index in [1.807, 2.05) is 19.1 Å². The second-order valence-electron chi connectivity index (χ2n) is 7.00. The molecular weight excluding hydrogens is 334 g/mol. The summed E-state index contributed by atoms with van der Waals surface area (Å²) in [5.41, 5.74) is 11.2. The van der Waals surface area contributed by atoms with E-state index < -0.39 is 0 Å². The van der Waals surface area contributed by atoms with Gasteiger partial charge >= 0.3 is 0 Å². The number of hydrogen-bond donors (Lipinski definition) is 1. The summed E-state index contributed by atoms with van der Waals surface area (Å²) < 4.78 is 2.20. The number of benzene rings is 2. The summed E-state index contributed by atoms with van der Waals surface area (Å²) in [6.07, 6.45) is 1.70. The van der Waals surface area contributed by atoms with Gasteiger partial charge in [0.1, 0.15) is 0 Å². The van der Waals surface area contributed by atoms with Gasteiger partial charge in [-0.15, -0.1) is 0 Å². The summed E-state index contributed by atoms with van der Waals surface area (Å²) in [5, 5.41) is 4.14. The number of carbonyl (C=O) groups excluding carboxylic acids is 1. The maximum Gasteiger partial charge on any atom is 0.271 e. The summed E-state index contributed by atoms with van der Waals surface area (Å²) in [5.74, 6) is -0.214. The van der Waals surface area contributed by atoms with Crippen LogP contribution in [0.5, 0.6) is 0 Å². The standard InChI is InChI=1S/C23H25N3O/c1-15-6-9-20(10-7-15)23(27)25-24-14-21-13-18(4)26(19(21)5)22-11-8-16(2)17(3)12-22/h6-14H,1-5H3,(H,25,27)/b24-14-. The van der Waals surface area contributed by atoms with Crippen molar-refractivity contribution in [3.8, 4) is 5.69 Å². The van der Waals surface area contributed by atoms with Crippen LogP contribution >= 0.6 is 0 Å². The Hall–Kier alpha value is -3.14. The van der Waals surface area contributed by atoms with Crippen molar-refractivity contribution in [3.63, 3.8) is 0 Å². The highest BCUT2D eigenvalue weighted by molar-refractivity contribution is 5.95. The lowest BCUT2D eigenvalue weighted by atomic mass is 10.1. The summed E-state index contributed by atoms with van der Waals surface area (Å²) in [7, 11) is 0. The van der Waals surface area contributed by atoms with Crippen LogP contribution in [0.4, 0.5) is 0 Å². The third-order valence-corrected chi connectivity index (χ3v) is 4.90. The number of hydrogen-bond acceptors (Lipinski definition) is 2. The van der Waals surface area contributed by atoms with Gasteiger partial charge in [-0.1, -0.05) is 23.8 Å². The maximum atomic E-state index is 12.2. The summed E-state index contributed by atoms with van der Waals surface area (Å²) >= 11 is 0. The molecule has 0 saturated heterocycles. The second kappa shape index (κ2) is 7.62. The first-order chi connectivity index (χ1) is 12.9. The molecule has 2 aromatic carbocycles. The lowest BCUT2D eigenvalue weighted by molar-refractivity contribution is 0.0955. The molecule has 0 aliphatic heterocycles. The van der Waals surface area contributed by atoms with E-state index >= 15 is 0 Å². The first-order valence-corrected chi connectivity index (χ1v) is 9.03. The fourth-order valence-corrected chi connectivity index (χ4v) is 3.11. The average Bonchev–Trinajstić information content (AvgIpc) is 2.92. The van der Waals surface area contributed by atoms with Gasteiger partial charge in [-0.05, 0) is 76.1 Å². The second-order valence-corrected chi connectivity index (χ2v) is 7.00. The highest BCUT2D eigenvalue weighted by Crippen LogP contribution is 2.21. The molecule has 4 nitrogen and oxygen atoms in total. The molecule has 0 aliphatic rings. The van der Waals surface area contributed by atoms with E-state index in [-0.39, 0.29) is 5.91 Å². The fourth-order valence-electron chi connectivity index (χ4n) is 3.11. The van der Waals surface area contributed by atoms with Gasteiger partial charge in [0.2, 0.25) is 0 Å². The quantitative estimate of drug-likeness (QED) is 0.529. The zero-order chi connectivity index (χ0) is 19.6. The van der Waals surface area contributed by atoms with E-state index in [1.54, 1.807) is 18.3 Å². The van der Waals surface area contributed by atoms with Gasteiger partial charge in [-0.25, -0.2) is 5.43 Å². The molecule has 27 heavy (non-hydrogen) atoms. The Morgan fingerprint density at radius 2 is 1.63 bits per heavy atom. The third kappa shape index (κ3) is 4.00. The molecule has 1 aromatic heterocycles. The molecular formula is C23H25N3O. The number of rotatable bonds is 4. The molecule has 0 radical (unpaired) electrons. The number of carbonyl (C=O) groups is 1. The number of hydrazone groups is 1. The monoisotopic (exact) mass is 359 g/mol. The van der Waals surface area contributed by atoms with E-state index in [4.69, 9.17) is 0 Å². The molecule has 1 heterocycles. The molecule has 1 amide bonds. The molecule has 0 fully saturated rings. The minimum Gasteiger partial charge on any atom is -0.318 e. The zero-order valence-electron chi connectivity index (χ0n) is 16.5. The SMILES string of the molecule is Cc1ccc(C(=O)N/N=C\c2cc(C)n(-c3ccc(C)c(C)c3)c2C)cc1. The van der Waals surface area contributed by atoms with Gasteiger partial charge in [-0.3, -0.25) is 4.79 Å². The highest BCUT2D eigenvalue weighted by atomic mass is 16.2. The highest BCUT2D eigenvalue weighted by Gasteiger charge is 2.10. The lowest BCUT2D eigenvalue weighted by Gasteiger charge is -2.11. The Kier molecular flexibility index (Phi) is 5.26. The van der Waals surface area contributed by atoms with Crippen molar-refractivity contribution in [1.82, 2.24) is 9.99 Å². The molecule has 0 aliphatic carbocycles. The van der Waals surface area contributed by atoms with Gasteiger partial charge in [-0.2, -0.15) is 5.10 Å². The molecule has 4 heteroatoms. The molecule has 0 bridgehead atoms. The van der Waals surface area contributed by atoms with E-state index in [0.717, 1.165) is 28.2 Å². The Morgan fingerprint density at radius 1 is 0.926 bits per heavy atom. The first kappa shape index (κ1) is 18.6. The van der Waals surface area contributed by atoms with E-state index in [9.17, 15) is 4.79 Å². The van der Waals surface area contributed by atoms with Crippen molar-refractivity contribution in [2.75, 3.05) is 0 Å². The van der Waals surface area contributed by atoms with Gasteiger partial charge in [0.05, 0.1) is 6.21 Å². The topological polar surface area (TPSA) is 46.4 Å². The van der Waals surface area contributed by atoms with Crippen LogP contribution in [0.1, 0.15) is 44.0 Å². The van der Waals surface area contributed by atoms with Crippen LogP contribution in [0, 0.1) is 34.6 Å². The van der Waals surface area contributed by atoms with Crippen molar-refractivity contribution >= 4 is 12.1 Å². The first-order valence-electron chi connectivity index (χ1n) is 9.03. The Labute approximate surface area is 160 Å². The largest absolute Gasteiger partial charge is 0.318 e. The smallest absolute Gasteiger partial charge is 0.271 e. The van der Waals surface area contributed by atoms with Crippen LogP contribution in [0.25, 0.3) is 5.69 Å². The Morgan fingerprint density at radius 3 is 2.30 bits per heavy atom. The van der Waals surface area contributed by atoms with E-state index in [0.29, 0.717) is 5.56 Å². The Balaban J connectivity index is 1.79. The van der Waals surface area contributed by atoms with Crippen molar-refractivity contribution in [3.05, 3.63) is 87.7 Å². The minimum absolute atomic E-state index is 0.214. The molecule has 0 atom stereocenters. The van der Waals surface area contributed by atoms with Crippen molar-refractivity contribution < 1.29 is 4.79 Å². The van der Waals surface area contributed by atoms with Crippen LogP contribution in [-0.2, 0) is 0 Å². The molecule has 0 unspecified atom stereocenters. The molecule has 138 valence electrons. The fraction of sp³-hybridized carbons (Fsp3) is 0.217. The van der Waals surface area contributed by atoms with Gasteiger partial charge in [0, 0.05) is 28.2 Å². The van der Waals surface area contributed by atoms with Crippen LogP contribution in [0.2, 0.25) is 0 Å². The number of amides is 1. The van der Waals surface area contributed by atoms with Crippen LogP contribution in [0.15, 0.2) is 53.6 Å². The number of nitrogens with one attached hydrogen (secondary N) is 1. The summed E-state index contributed by atoms with van der Waals surface area (Å²) in [6.45, 7) is 10.4. The van der Waals surface area contributed by atoms with Gasteiger partial charge in [0.25, 0.3) is 5.91 Å². The summed E-state index contributed by atoms with van der Waals surface area (Å²) in [4.78, 5) is 12.2. The third-order valence-electron chi connectivity index (χ3n) is 4.90. The predicted molar refractivity (Wildman–Crippen MR) is 111 cm³/mol. The van der Waals surface area contributed by atoms with Crippen LogP contribution in [0.3, 0.4) is 0 Å². The van der Waals surface area contributed by atoms with Gasteiger partial charge < -0.3 is 4.57 Å². The van der Waals surface area contributed by atoms with Crippen molar-refractivity contribution in [2.24, 2.45) is 5.10 Å². The minimum atomic E-state index is -0.214. The normalized spacial score (nSPS) is 11.1. The van der Waals surface area contributed by atoms with Crippen LogP contribution < -0.4 is 5.43 Å². The Bertz CT molecular complexity index is 1010. The van der Waals surface area contributed by atoms with Crippen LogP contribution in [-0.4, -0.2) is 16.7 Å². The number of aryl methyl sites for hydroxylation is 4. The van der Waals surface area contributed by atoms with E-state index in [2.05, 4.69) is 67.1 Å². The van der Waals surface area contributed by atoms with E-state index in [1.165, 1.54) is 11.1 Å². The number of nitrogens with zero attached hydrogens (tertiary/aromatic N) is 2. The predicted octanol–water partition coefficient (Wildman–Crippen LogP) is 4.78. The van der Waals surface area contributed by atoms with Crippen molar-refractivity contribution in [2.45, 2.75) is 34.6 Å². The van der Waals surface area contributed by atoms with Crippen molar-refractivity contribution in [1.29, 1.82) is 0 Å². The average molecular weight is 359 g/mol. The molecule has 0 saturated carbocycles. The number of aromatic nitrogens is 1. The molecule has 0 spiro atoms.